The summed E-state index contributed by atoms with van der Waals surface area (Å²) in [5, 5.41) is 0. The number of hydrogen-bond acceptors (Lipinski definition) is 3. The van der Waals surface area contributed by atoms with Gasteiger partial charge < -0.3 is 4.79 Å². The van der Waals surface area contributed by atoms with Crippen molar-refractivity contribution < 1.29 is 4.79 Å². The largest absolute Gasteiger partial charge is 0.302 e. The Hall–Kier alpha value is -0.410. The number of hydrogen-bond donors (Lipinski definition) is 0. The Balaban J connectivity index is 2.36. The molecule has 1 saturated carbocycles. The van der Waals surface area contributed by atoms with E-state index in [0.29, 0.717) is 4.47 Å². The van der Waals surface area contributed by atoms with Crippen molar-refractivity contribution >= 4 is 29.2 Å². The Morgan fingerprint density at radius 1 is 1.73 bits per heavy atom. The highest BCUT2D eigenvalue weighted by molar-refractivity contribution is 7.16. The van der Waals surface area contributed by atoms with Crippen molar-refractivity contribution in [3.63, 3.8) is 0 Å². The molecule has 1 aromatic rings. The van der Waals surface area contributed by atoms with E-state index < -0.39 is 0 Å². The number of halogens is 1. The fourth-order valence-corrected chi connectivity index (χ4v) is 2.19. The summed E-state index contributed by atoms with van der Waals surface area (Å²) in [6, 6.07) is 0. The van der Waals surface area contributed by atoms with Gasteiger partial charge in [0.2, 0.25) is 0 Å². The van der Waals surface area contributed by atoms with Crippen molar-refractivity contribution in [2.75, 3.05) is 0 Å². The molecule has 0 amide bonds. The highest BCUT2D eigenvalue weighted by Crippen LogP contribution is 2.48. The van der Waals surface area contributed by atoms with E-state index in [1.54, 1.807) is 6.20 Å². The van der Waals surface area contributed by atoms with Gasteiger partial charge in [0, 0.05) is 11.1 Å². The first-order valence-electron chi connectivity index (χ1n) is 3.35. The second kappa shape index (κ2) is 2.29. The molecule has 1 fully saturated rings. The average molecular weight is 188 g/mol. The maximum absolute atomic E-state index is 10.6. The van der Waals surface area contributed by atoms with E-state index in [2.05, 4.69) is 4.98 Å². The number of thiazole rings is 1. The van der Waals surface area contributed by atoms with Crippen LogP contribution in [0.15, 0.2) is 6.20 Å². The zero-order valence-corrected chi connectivity index (χ0v) is 7.28. The van der Waals surface area contributed by atoms with Gasteiger partial charge in [-0.3, -0.25) is 0 Å². The lowest BCUT2D eigenvalue weighted by Crippen LogP contribution is -2.04. The molecule has 0 atom stereocenters. The lowest BCUT2D eigenvalue weighted by Gasteiger charge is -1.98. The minimum Gasteiger partial charge on any atom is -0.302 e. The average Bonchev–Trinajstić information content (AvgIpc) is 2.70. The number of aldehydes is 1. The van der Waals surface area contributed by atoms with Crippen LogP contribution in [0.3, 0.4) is 0 Å². The van der Waals surface area contributed by atoms with Crippen LogP contribution in [0.25, 0.3) is 0 Å². The molecule has 0 aliphatic heterocycles. The van der Waals surface area contributed by atoms with Gasteiger partial charge in [0.05, 0.1) is 5.41 Å². The predicted molar refractivity (Wildman–Crippen MR) is 44.1 cm³/mol. The van der Waals surface area contributed by atoms with E-state index >= 15 is 0 Å². The third kappa shape index (κ3) is 1.08. The Labute approximate surface area is 73.2 Å². The van der Waals surface area contributed by atoms with Crippen molar-refractivity contribution in [1.29, 1.82) is 0 Å². The molecule has 2 nitrogen and oxygen atoms in total. The first kappa shape index (κ1) is 7.25. The second-order valence-electron chi connectivity index (χ2n) is 2.75. The van der Waals surface area contributed by atoms with Crippen molar-refractivity contribution in [3.8, 4) is 0 Å². The van der Waals surface area contributed by atoms with Crippen LogP contribution in [0, 0.1) is 0 Å². The molecule has 0 aromatic carbocycles. The zero-order valence-electron chi connectivity index (χ0n) is 5.71. The van der Waals surface area contributed by atoms with Crippen LogP contribution >= 0.6 is 22.9 Å². The lowest BCUT2D eigenvalue weighted by molar-refractivity contribution is -0.109. The highest BCUT2D eigenvalue weighted by Gasteiger charge is 2.45. The second-order valence-corrected chi connectivity index (χ2v) is 4.36. The third-order valence-electron chi connectivity index (χ3n) is 1.98. The van der Waals surface area contributed by atoms with E-state index in [4.69, 9.17) is 11.6 Å². The van der Waals surface area contributed by atoms with Crippen LogP contribution in [0.5, 0.6) is 0 Å². The van der Waals surface area contributed by atoms with Gasteiger partial charge in [0.15, 0.2) is 4.47 Å². The number of carbonyl (C=O) groups is 1. The molecule has 1 aliphatic rings. The lowest BCUT2D eigenvalue weighted by atomic mass is 10.1. The van der Waals surface area contributed by atoms with Crippen molar-refractivity contribution in [2.45, 2.75) is 18.3 Å². The van der Waals surface area contributed by atoms with Crippen molar-refractivity contribution in [2.24, 2.45) is 0 Å². The Morgan fingerprint density at radius 3 is 2.82 bits per heavy atom. The molecule has 1 aliphatic carbocycles. The molecular weight excluding hydrogens is 182 g/mol. The van der Waals surface area contributed by atoms with Crippen LogP contribution in [-0.4, -0.2) is 11.3 Å². The van der Waals surface area contributed by atoms with E-state index in [0.717, 1.165) is 24.0 Å². The molecule has 0 bridgehead atoms. The summed E-state index contributed by atoms with van der Waals surface area (Å²) in [6.07, 6.45) is 4.62. The smallest absolute Gasteiger partial charge is 0.183 e. The highest BCUT2D eigenvalue weighted by atomic mass is 35.5. The standard InChI is InChI=1S/C7H6ClNOS/c8-6-9-3-5(11-6)7(4-10)1-2-7/h3-4H,1-2H2. The van der Waals surface area contributed by atoms with Crippen LogP contribution in [0.4, 0.5) is 0 Å². The van der Waals surface area contributed by atoms with Gasteiger partial charge in [-0.05, 0) is 12.8 Å². The topological polar surface area (TPSA) is 30.0 Å². The number of aromatic nitrogens is 1. The molecule has 0 saturated heterocycles. The minimum absolute atomic E-state index is 0.204. The van der Waals surface area contributed by atoms with Gasteiger partial charge in [-0.15, -0.1) is 11.3 Å². The van der Waals surface area contributed by atoms with Crippen molar-refractivity contribution in [1.82, 2.24) is 4.98 Å². The van der Waals surface area contributed by atoms with Crippen molar-refractivity contribution in [3.05, 3.63) is 15.5 Å². The van der Waals surface area contributed by atoms with Gasteiger partial charge in [0.1, 0.15) is 6.29 Å². The quantitative estimate of drug-likeness (QED) is 0.664. The van der Waals surface area contributed by atoms with E-state index in [9.17, 15) is 4.79 Å². The Kier molecular flexibility index (Phi) is 1.51. The molecule has 0 radical (unpaired) electrons. The molecule has 58 valence electrons. The van der Waals surface area contributed by atoms with E-state index in [-0.39, 0.29) is 5.41 Å². The number of rotatable bonds is 2. The molecule has 4 heteroatoms. The summed E-state index contributed by atoms with van der Waals surface area (Å²) in [5.74, 6) is 0. The minimum atomic E-state index is -0.204. The van der Waals surface area contributed by atoms with Gasteiger partial charge in [-0.25, -0.2) is 4.98 Å². The van der Waals surface area contributed by atoms with Crippen LogP contribution in [0.2, 0.25) is 4.47 Å². The first-order chi connectivity index (χ1) is 5.27. The molecule has 0 unspecified atom stereocenters. The van der Waals surface area contributed by atoms with Crippen LogP contribution < -0.4 is 0 Å². The summed E-state index contributed by atoms with van der Waals surface area (Å²) in [5.41, 5.74) is -0.204. The zero-order chi connectivity index (χ0) is 7.90. The van der Waals surface area contributed by atoms with Gasteiger partial charge in [0.25, 0.3) is 0 Å². The fraction of sp³-hybridized carbons (Fsp3) is 0.429. The summed E-state index contributed by atoms with van der Waals surface area (Å²) >= 11 is 7.05. The van der Waals surface area contributed by atoms with Gasteiger partial charge in [-0.2, -0.15) is 0 Å². The summed E-state index contributed by atoms with van der Waals surface area (Å²) in [7, 11) is 0. The summed E-state index contributed by atoms with van der Waals surface area (Å²) < 4.78 is 0.521. The monoisotopic (exact) mass is 187 g/mol. The Bertz CT molecular complexity index is 292. The summed E-state index contributed by atoms with van der Waals surface area (Å²) in [6.45, 7) is 0. The maximum Gasteiger partial charge on any atom is 0.183 e. The molecule has 11 heavy (non-hydrogen) atoms. The maximum atomic E-state index is 10.6. The number of carbonyl (C=O) groups excluding carboxylic acids is 1. The number of nitrogens with zero attached hydrogens (tertiary/aromatic N) is 1. The third-order valence-corrected chi connectivity index (χ3v) is 3.32. The van der Waals surface area contributed by atoms with Gasteiger partial charge >= 0.3 is 0 Å². The van der Waals surface area contributed by atoms with Crippen LogP contribution in [0.1, 0.15) is 17.7 Å². The van der Waals surface area contributed by atoms with E-state index in [1.807, 2.05) is 0 Å². The summed E-state index contributed by atoms with van der Waals surface area (Å²) in [4.78, 5) is 15.5. The fourth-order valence-electron chi connectivity index (χ4n) is 1.04. The molecule has 0 N–H and O–H groups in total. The van der Waals surface area contributed by atoms with Gasteiger partial charge in [-0.1, -0.05) is 11.6 Å². The normalized spacial score (nSPS) is 19.7. The molecule has 1 heterocycles. The first-order valence-corrected chi connectivity index (χ1v) is 4.54. The Morgan fingerprint density at radius 2 is 2.45 bits per heavy atom. The molecule has 1 aromatic heterocycles. The molecular formula is C7H6ClNOS. The molecule has 2 rings (SSSR count). The molecule has 0 spiro atoms. The SMILES string of the molecule is O=CC1(c2cnc(Cl)s2)CC1. The van der Waals surface area contributed by atoms with E-state index in [1.165, 1.54) is 11.3 Å². The van der Waals surface area contributed by atoms with Crippen LogP contribution in [-0.2, 0) is 10.2 Å². The predicted octanol–water partition coefficient (Wildman–Crippen LogP) is 2.03.